The van der Waals surface area contributed by atoms with E-state index in [4.69, 9.17) is 4.74 Å². The lowest BCUT2D eigenvalue weighted by molar-refractivity contribution is 0.128. The molecule has 0 unspecified atom stereocenters. The highest BCUT2D eigenvalue weighted by Crippen LogP contribution is 2.37. The van der Waals surface area contributed by atoms with E-state index in [9.17, 15) is 9.90 Å². The van der Waals surface area contributed by atoms with E-state index < -0.39 is 0 Å². The number of benzene rings is 1. The van der Waals surface area contributed by atoms with Gasteiger partial charge >= 0.3 is 6.03 Å². The minimum absolute atomic E-state index is 0.0796. The molecule has 0 bridgehead atoms. The largest absolute Gasteiger partial charge is 0.496 e. The van der Waals surface area contributed by atoms with Crippen molar-refractivity contribution >= 4 is 6.03 Å². The summed E-state index contributed by atoms with van der Waals surface area (Å²) in [6.07, 6.45) is 0.468. The van der Waals surface area contributed by atoms with Crippen molar-refractivity contribution in [2.45, 2.75) is 46.3 Å². The number of aliphatic hydroxyl groups excluding tert-OH is 1. The predicted molar refractivity (Wildman–Crippen MR) is 95.1 cm³/mol. The van der Waals surface area contributed by atoms with Crippen molar-refractivity contribution in [2.24, 2.45) is 11.3 Å². The van der Waals surface area contributed by atoms with Gasteiger partial charge in [-0.1, -0.05) is 39.0 Å². The number of hydrogen-bond acceptors (Lipinski definition) is 3. The van der Waals surface area contributed by atoms with E-state index in [1.165, 1.54) is 0 Å². The van der Waals surface area contributed by atoms with Gasteiger partial charge in [0.05, 0.1) is 19.3 Å². The van der Waals surface area contributed by atoms with Crippen LogP contribution in [0.3, 0.4) is 0 Å². The molecule has 2 N–H and O–H groups in total. The summed E-state index contributed by atoms with van der Waals surface area (Å²) < 4.78 is 5.48. The lowest BCUT2D eigenvalue weighted by Crippen LogP contribution is -2.44. The Labute approximate surface area is 145 Å². The summed E-state index contributed by atoms with van der Waals surface area (Å²) in [6.45, 7) is 9.39. The SMILES string of the molecule is COc1ccccc1[C@H](NC(=O)N1CC[C@H]([C@H](C)O)C1)C(C)(C)C. The Bertz CT molecular complexity index is 566. The van der Waals surface area contributed by atoms with Crippen molar-refractivity contribution < 1.29 is 14.6 Å². The average Bonchev–Trinajstić information content (AvgIpc) is 3.01. The number of likely N-dealkylation sites (tertiary alicyclic amines) is 1. The van der Waals surface area contributed by atoms with Crippen LogP contribution in [0, 0.1) is 11.3 Å². The van der Waals surface area contributed by atoms with Gasteiger partial charge in [0.15, 0.2) is 0 Å². The summed E-state index contributed by atoms with van der Waals surface area (Å²) >= 11 is 0. The van der Waals surface area contributed by atoms with Crippen LogP contribution < -0.4 is 10.1 Å². The number of rotatable bonds is 4. The molecular formula is C19H30N2O3. The maximum absolute atomic E-state index is 12.7. The van der Waals surface area contributed by atoms with Gasteiger partial charge in [0.25, 0.3) is 0 Å². The van der Waals surface area contributed by atoms with Crippen LogP contribution in [0.2, 0.25) is 0 Å². The number of methoxy groups -OCH3 is 1. The molecule has 1 fully saturated rings. The number of amides is 2. The number of urea groups is 1. The molecule has 3 atom stereocenters. The molecule has 134 valence electrons. The fourth-order valence-electron chi connectivity index (χ4n) is 3.25. The van der Waals surface area contributed by atoms with Crippen LogP contribution in [-0.4, -0.2) is 42.3 Å². The molecule has 1 aromatic carbocycles. The van der Waals surface area contributed by atoms with Gasteiger partial charge in [0.2, 0.25) is 0 Å². The normalized spacial score (nSPS) is 20.6. The van der Waals surface area contributed by atoms with Crippen LogP contribution in [-0.2, 0) is 0 Å². The zero-order valence-electron chi connectivity index (χ0n) is 15.4. The number of hydrogen-bond donors (Lipinski definition) is 2. The molecule has 0 saturated carbocycles. The van der Waals surface area contributed by atoms with E-state index in [-0.39, 0.29) is 29.5 Å². The highest BCUT2D eigenvalue weighted by molar-refractivity contribution is 5.75. The number of carbonyl (C=O) groups excluding carboxylic acids is 1. The summed E-state index contributed by atoms with van der Waals surface area (Å²) in [4.78, 5) is 14.5. The van der Waals surface area contributed by atoms with Crippen molar-refractivity contribution in [3.05, 3.63) is 29.8 Å². The molecule has 24 heavy (non-hydrogen) atoms. The molecule has 0 spiro atoms. The Morgan fingerprint density at radius 1 is 1.38 bits per heavy atom. The molecule has 5 heteroatoms. The van der Waals surface area contributed by atoms with E-state index in [2.05, 4.69) is 26.1 Å². The molecule has 5 nitrogen and oxygen atoms in total. The zero-order chi connectivity index (χ0) is 17.9. The van der Waals surface area contributed by atoms with E-state index in [0.29, 0.717) is 13.1 Å². The Morgan fingerprint density at radius 2 is 2.04 bits per heavy atom. The van der Waals surface area contributed by atoms with Crippen LogP contribution >= 0.6 is 0 Å². The number of aliphatic hydroxyl groups is 1. The zero-order valence-corrected chi connectivity index (χ0v) is 15.4. The van der Waals surface area contributed by atoms with Gasteiger partial charge < -0.3 is 20.1 Å². The van der Waals surface area contributed by atoms with E-state index in [1.807, 2.05) is 24.3 Å². The topological polar surface area (TPSA) is 61.8 Å². The third-order valence-electron chi connectivity index (χ3n) is 4.78. The maximum atomic E-state index is 12.7. The Morgan fingerprint density at radius 3 is 2.58 bits per heavy atom. The molecule has 0 radical (unpaired) electrons. The van der Waals surface area contributed by atoms with Crippen molar-refractivity contribution in [2.75, 3.05) is 20.2 Å². The molecule has 1 heterocycles. The molecule has 1 saturated heterocycles. The second-order valence-corrected chi connectivity index (χ2v) is 7.73. The van der Waals surface area contributed by atoms with Gasteiger partial charge in [-0.3, -0.25) is 0 Å². The van der Waals surface area contributed by atoms with Crippen molar-refractivity contribution in [3.63, 3.8) is 0 Å². The number of ether oxygens (including phenoxy) is 1. The monoisotopic (exact) mass is 334 g/mol. The number of carbonyl (C=O) groups is 1. The van der Waals surface area contributed by atoms with Crippen LogP contribution in [0.15, 0.2) is 24.3 Å². The maximum Gasteiger partial charge on any atom is 0.317 e. The molecule has 1 aliphatic heterocycles. The molecule has 1 aliphatic rings. The van der Waals surface area contributed by atoms with Gasteiger partial charge in [-0.15, -0.1) is 0 Å². The molecule has 2 rings (SSSR count). The molecule has 0 aliphatic carbocycles. The van der Waals surface area contributed by atoms with Crippen molar-refractivity contribution in [3.8, 4) is 5.75 Å². The molecular weight excluding hydrogens is 304 g/mol. The second-order valence-electron chi connectivity index (χ2n) is 7.73. The first-order valence-electron chi connectivity index (χ1n) is 8.60. The molecule has 2 amide bonds. The first kappa shape index (κ1) is 18.6. The number of nitrogens with zero attached hydrogens (tertiary/aromatic N) is 1. The van der Waals surface area contributed by atoms with Crippen LogP contribution in [0.1, 0.15) is 45.7 Å². The van der Waals surface area contributed by atoms with Gasteiger partial charge in [0, 0.05) is 24.6 Å². The lowest BCUT2D eigenvalue weighted by atomic mass is 9.82. The second kappa shape index (κ2) is 7.43. The summed E-state index contributed by atoms with van der Waals surface area (Å²) in [7, 11) is 1.65. The minimum Gasteiger partial charge on any atom is -0.496 e. The highest BCUT2D eigenvalue weighted by atomic mass is 16.5. The van der Waals surface area contributed by atoms with Crippen LogP contribution in [0.4, 0.5) is 4.79 Å². The first-order valence-corrected chi connectivity index (χ1v) is 8.60. The van der Waals surface area contributed by atoms with Gasteiger partial charge in [0.1, 0.15) is 5.75 Å². The molecule has 1 aromatic rings. The van der Waals surface area contributed by atoms with E-state index in [1.54, 1.807) is 18.9 Å². The van der Waals surface area contributed by atoms with E-state index in [0.717, 1.165) is 17.7 Å². The van der Waals surface area contributed by atoms with Gasteiger partial charge in [-0.25, -0.2) is 4.79 Å². The number of para-hydroxylation sites is 1. The third kappa shape index (κ3) is 4.20. The summed E-state index contributed by atoms with van der Waals surface area (Å²) in [6, 6.07) is 7.56. The molecule has 0 aromatic heterocycles. The predicted octanol–water partition coefficient (Wildman–Crippen LogP) is 3.19. The highest BCUT2D eigenvalue weighted by Gasteiger charge is 2.34. The smallest absolute Gasteiger partial charge is 0.317 e. The Kier molecular flexibility index (Phi) is 5.75. The minimum atomic E-state index is -0.379. The van der Waals surface area contributed by atoms with Crippen molar-refractivity contribution in [1.82, 2.24) is 10.2 Å². The van der Waals surface area contributed by atoms with Crippen molar-refractivity contribution in [1.29, 1.82) is 0 Å². The van der Waals surface area contributed by atoms with Gasteiger partial charge in [-0.05, 0) is 24.8 Å². The van der Waals surface area contributed by atoms with Gasteiger partial charge in [-0.2, -0.15) is 0 Å². The summed E-state index contributed by atoms with van der Waals surface area (Å²) in [5.74, 6) is 0.941. The lowest BCUT2D eigenvalue weighted by Gasteiger charge is -2.34. The summed E-state index contributed by atoms with van der Waals surface area (Å²) in [5.41, 5.74) is 0.820. The quantitative estimate of drug-likeness (QED) is 0.889. The Balaban J connectivity index is 2.17. The Hall–Kier alpha value is -1.75. The fourth-order valence-corrected chi connectivity index (χ4v) is 3.25. The van der Waals surface area contributed by atoms with Crippen LogP contribution in [0.5, 0.6) is 5.75 Å². The fraction of sp³-hybridized carbons (Fsp3) is 0.632. The van der Waals surface area contributed by atoms with Crippen LogP contribution in [0.25, 0.3) is 0 Å². The standard InChI is InChI=1S/C19H30N2O3/c1-13(22)14-10-11-21(12-14)18(23)20-17(19(2,3)4)15-8-6-7-9-16(15)24-5/h6-9,13-14,17,22H,10-12H2,1-5H3,(H,20,23)/t13-,14-,17-/m0/s1. The first-order chi connectivity index (χ1) is 11.2. The third-order valence-corrected chi connectivity index (χ3v) is 4.78. The average molecular weight is 334 g/mol. The number of nitrogens with one attached hydrogen (secondary N) is 1. The summed E-state index contributed by atoms with van der Waals surface area (Å²) in [5, 5.41) is 12.9. The van der Waals surface area contributed by atoms with E-state index >= 15 is 0 Å².